The Morgan fingerprint density at radius 1 is 0.725 bits per heavy atom. The van der Waals surface area contributed by atoms with Gasteiger partial charge in [0.15, 0.2) is 5.78 Å². The Morgan fingerprint density at radius 3 is 1.98 bits per heavy atom. The van der Waals surface area contributed by atoms with Crippen LogP contribution in [0, 0.1) is 11.8 Å². The molecule has 1 aliphatic rings. The smallest absolute Gasteiger partial charge is 0.178 e. The van der Waals surface area contributed by atoms with Gasteiger partial charge in [-0.05, 0) is 82.0 Å². The average molecular weight is 527 g/mol. The molecule has 4 aromatic rings. The first-order valence-corrected chi connectivity index (χ1v) is 12.7. The highest BCUT2D eigenvalue weighted by atomic mass is 16.3. The fourth-order valence-corrected chi connectivity index (χ4v) is 4.63. The van der Waals surface area contributed by atoms with Gasteiger partial charge in [0.2, 0.25) is 0 Å². The van der Waals surface area contributed by atoms with E-state index in [1.54, 1.807) is 66.7 Å². The van der Waals surface area contributed by atoms with Crippen molar-refractivity contribution in [1.82, 2.24) is 0 Å². The van der Waals surface area contributed by atoms with Crippen LogP contribution in [0.1, 0.15) is 33.9 Å². The van der Waals surface area contributed by atoms with E-state index in [4.69, 9.17) is 0 Å². The maximum atomic E-state index is 12.0. The Balaban J connectivity index is 1.91. The van der Waals surface area contributed by atoms with Crippen LogP contribution in [-0.2, 0) is 4.79 Å². The molecular formula is C35H26O5. The number of carbonyl (C=O) groups excluding carboxylic acids is 1. The molecular weight excluding hydrogens is 500 g/mol. The van der Waals surface area contributed by atoms with Crippen LogP contribution >= 0.6 is 0 Å². The van der Waals surface area contributed by atoms with Crippen molar-refractivity contribution >= 4 is 11.4 Å². The Hall–Kier alpha value is -5.15. The highest BCUT2D eigenvalue weighted by Gasteiger charge is 2.23. The fraction of sp³-hybridized carbons (Fsp3) is 0.0571. The minimum atomic E-state index is -1.20. The molecule has 5 nitrogen and oxygen atoms in total. The van der Waals surface area contributed by atoms with E-state index >= 15 is 0 Å². The number of carbonyl (C=O) groups is 1. The predicted molar refractivity (Wildman–Crippen MR) is 155 cm³/mol. The Bertz CT molecular complexity index is 1680. The summed E-state index contributed by atoms with van der Waals surface area (Å²) in [5.41, 5.74) is 6.28. The third-order valence-electron chi connectivity index (χ3n) is 6.60. The van der Waals surface area contributed by atoms with Crippen LogP contribution in [0.2, 0.25) is 0 Å². The van der Waals surface area contributed by atoms with Crippen molar-refractivity contribution in [2.24, 2.45) is 0 Å². The summed E-state index contributed by atoms with van der Waals surface area (Å²) in [6.45, 7) is -0.503. The van der Waals surface area contributed by atoms with Crippen molar-refractivity contribution < 1.29 is 25.2 Å². The number of rotatable bonds is 5. The van der Waals surface area contributed by atoms with Crippen LogP contribution in [0.5, 0.6) is 11.5 Å². The van der Waals surface area contributed by atoms with Crippen LogP contribution in [0.3, 0.4) is 0 Å². The molecule has 0 aliphatic heterocycles. The maximum Gasteiger partial charge on any atom is 0.178 e. The molecule has 0 saturated carbocycles. The molecule has 4 N–H and O–H groups in total. The molecule has 0 bridgehead atoms. The molecule has 0 spiro atoms. The van der Waals surface area contributed by atoms with Gasteiger partial charge in [-0.15, -0.1) is 0 Å². The minimum Gasteiger partial charge on any atom is -0.508 e. The van der Waals surface area contributed by atoms with Crippen molar-refractivity contribution in [3.8, 4) is 34.5 Å². The number of phenolic OH excluding ortho intramolecular Hbond substituents is 2. The number of hydrogen-bond acceptors (Lipinski definition) is 5. The Kier molecular flexibility index (Phi) is 7.75. The van der Waals surface area contributed by atoms with Gasteiger partial charge in [0.1, 0.15) is 17.6 Å². The molecule has 5 rings (SSSR count). The number of hydrogen-bond donors (Lipinski definition) is 4. The number of benzene rings is 4. The van der Waals surface area contributed by atoms with Gasteiger partial charge in [-0.3, -0.25) is 4.79 Å². The van der Waals surface area contributed by atoms with Crippen molar-refractivity contribution in [3.05, 3.63) is 149 Å². The van der Waals surface area contributed by atoms with Crippen LogP contribution in [0.4, 0.5) is 0 Å². The number of ketones is 1. The molecule has 40 heavy (non-hydrogen) atoms. The van der Waals surface area contributed by atoms with Crippen LogP contribution < -0.4 is 0 Å². The molecule has 0 radical (unpaired) electrons. The van der Waals surface area contributed by atoms with Gasteiger partial charge in [-0.1, -0.05) is 78.6 Å². The van der Waals surface area contributed by atoms with Crippen LogP contribution in [0.15, 0.2) is 121 Å². The molecule has 1 unspecified atom stereocenters. The lowest BCUT2D eigenvalue weighted by Gasteiger charge is -2.23. The quantitative estimate of drug-likeness (QED) is 0.251. The summed E-state index contributed by atoms with van der Waals surface area (Å²) < 4.78 is 0. The largest absolute Gasteiger partial charge is 0.508 e. The predicted octanol–water partition coefficient (Wildman–Crippen LogP) is 5.69. The summed E-state index contributed by atoms with van der Waals surface area (Å²) in [5, 5.41) is 40.6. The standard InChI is InChI=1S/C35H26O5/c36-22-33(40)31-21-20-30(24-4-2-1-3-5-24)35(32(31)19-8-23-6-13-27(37)14-7-23)34(25-9-15-28(38)16-10-25)26-11-17-29(39)18-12-26/h1-7,9-18,20-21,33,36-38,40H,22H2. The normalized spacial score (nSPS) is 13.1. The first-order chi connectivity index (χ1) is 19.4. The summed E-state index contributed by atoms with van der Waals surface area (Å²) in [5.74, 6) is 6.50. The lowest BCUT2D eigenvalue weighted by Crippen LogP contribution is -2.09. The fourth-order valence-electron chi connectivity index (χ4n) is 4.63. The zero-order valence-corrected chi connectivity index (χ0v) is 21.5. The number of allylic oxidation sites excluding steroid dienone is 5. The highest BCUT2D eigenvalue weighted by molar-refractivity contribution is 6.04. The molecule has 196 valence electrons. The minimum absolute atomic E-state index is 0.109. The molecule has 5 heteroatoms. The van der Waals surface area contributed by atoms with E-state index in [2.05, 4.69) is 11.8 Å². The number of aliphatic hydroxyl groups is 2. The summed E-state index contributed by atoms with van der Waals surface area (Å²) >= 11 is 0. The van der Waals surface area contributed by atoms with E-state index in [1.807, 2.05) is 36.4 Å². The summed E-state index contributed by atoms with van der Waals surface area (Å²) in [6.07, 6.45) is 5.27. The zero-order valence-electron chi connectivity index (χ0n) is 21.5. The second-order valence-corrected chi connectivity index (χ2v) is 9.26. The molecule has 0 saturated heterocycles. The lowest BCUT2D eigenvalue weighted by atomic mass is 9.81. The Labute approximate surface area is 232 Å². The molecule has 0 heterocycles. The second-order valence-electron chi connectivity index (χ2n) is 9.26. The van der Waals surface area contributed by atoms with Crippen molar-refractivity contribution in [1.29, 1.82) is 0 Å². The van der Waals surface area contributed by atoms with Gasteiger partial charge >= 0.3 is 0 Å². The van der Waals surface area contributed by atoms with E-state index in [1.165, 1.54) is 12.2 Å². The molecule has 1 atom stereocenters. The lowest BCUT2D eigenvalue weighted by molar-refractivity contribution is -0.110. The molecule has 4 aromatic carbocycles. The summed E-state index contributed by atoms with van der Waals surface area (Å²) in [4.78, 5) is 12.0. The number of aliphatic hydroxyl groups excluding tert-OH is 2. The zero-order chi connectivity index (χ0) is 28.1. The van der Waals surface area contributed by atoms with E-state index in [-0.39, 0.29) is 17.3 Å². The summed E-state index contributed by atoms with van der Waals surface area (Å²) in [7, 11) is 0. The molecule has 0 amide bonds. The third kappa shape index (κ3) is 5.64. The maximum absolute atomic E-state index is 12.0. The monoisotopic (exact) mass is 526 g/mol. The van der Waals surface area contributed by atoms with Gasteiger partial charge in [-0.25, -0.2) is 0 Å². The van der Waals surface area contributed by atoms with Crippen molar-refractivity contribution in [2.45, 2.75) is 6.10 Å². The van der Waals surface area contributed by atoms with E-state index in [0.29, 0.717) is 22.3 Å². The Morgan fingerprint density at radius 2 is 1.35 bits per heavy atom. The number of aromatic hydroxyl groups is 2. The van der Waals surface area contributed by atoms with Crippen molar-refractivity contribution in [3.63, 3.8) is 0 Å². The van der Waals surface area contributed by atoms with Gasteiger partial charge in [0.25, 0.3) is 0 Å². The molecule has 0 fully saturated rings. The third-order valence-corrected chi connectivity index (χ3v) is 6.60. The average Bonchev–Trinajstić information content (AvgIpc) is 2.99. The van der Waals surface area contributed by atoms with Crippen LogP contribution in [-0.4, -0.2) is 32.8 Å². The summed E-state index contributed by atoms with van der Waals surface area (Å²) in [6, 6.07) is 26.7. The molecule has 1 aliphatic carbocycles. The van der Waals surface area contributed by atoms with E-state index in [0.717, 1.165) is 27.8 Å². The van der Waals surface area contributed by atoms with Gasteiger partial charge in [-0.2, -0.15) is 0 Å². The van der Waals surface area contributed by atoms with Gasteiger partial charge in [0, 0.05) is 16.7 Å². The first-order valence-electron chi connectivity index (χ1n) is 12.7. The van der Waals surface area contributed by atoms with Gasteiger partial charge < -0.3 is 20.4 Å². The highest BCUT2D eigenvalue weighted by Crippen LogP contribution is 2.41. The molecule has 0 aromatic heterocycles. The van der Waals surface area contributed by atoms with E-state index in [9.17, 15) is 25.2 Å². The van der Waals surface area contributed by atoms with Crippen LogP contribution in [0.25, 0.3) is 16.7 Å². The second kappa shape index (κ2) is 11.7. The SMILES string of the molecule is O=C1C=CC(=C(c2ccc(O)cc2)c2c(-c3ccccc3)ccc(C(O)CO)c2C#Cc2ccc(O)cc2)C=C1. The topological polar surface area (TPSA) is 98.0 Å². The van der Waals surface area contributed by atoms with Gasteiger partial charge in [0.05, 0.1) is 6.61 Å². The first kappa shape index (κ1) is 26.5. The van der Waals surface area contributed by atoms with E-state index < -0.39 is 12.7 Å². The van der Waals surface area contributed by atoms with Crippen molar-refractivity contribution in [2.75, 3.05) is 6.61 Å². The number of phenols is 2.